The van der Waals surface area contributed by atoms with Crippen LogP contribution in [0.2, 0.25) is 0 Å². The van der Waals surface area contributed by atoms with Gasteiger partial charge in [0, 0.05) is 30.3 Å². The number of hydrogen-bond donors (Lipinski definition) is 3. The molecule has 10 nitrogen and oxygen atoms in total. The highest BCUT2D eigenvalue weighted by Crippen LogP contribution is 2.66. The second-order valence-corrected chi connectivity index (χ2v) is 9.06. The first-order valence-electron chi connectivity index (χ1n) is 10.7. The van der Waals surface area contributed by atoms with Crippen LogP contribution in [-0.4, -0.2) is 56.2 Å². The molecular weight excluding hydrogens is 464 g/mol. The fourth-order valence-electron chi connectivity index (χ4n) is 4.36. The third-order valence-corrected chi connectivity index (χ3v) is 6.55. The third-order valence-electron chi connectivity index (χ3n) is 6.55. The summed E-state index contributed by atoms with van der Waals surface area (Å²) in [6.07, 6.45) is -5.29. The number of aryl methyl sites for hydroxylation is 1. The fraction of sp³-hybridized carbons (Fsp3) is 0.600. The molecule has 5 rings (SSSR count). The van der Waals surface area contributed by atoms with Crippen LogP contribution in [0.4, 0.5) is 28.2 Å². The molecule has 0 spiro atoms. The van der Waals surface area contributed by atoms with Crippen molar-refractivity contribution in [3.8, 4) is 0 Å². The van der Waals surface area contributed by atoms with E-state index in [2.05, 4.69) is 30.7 Å². The predicted molar refractivity (Wildman–Crippen MR) is 106 cm³/mol. The highest BCUT2D eigenvalue weighted by Gasteiger charge is 2.71. The van der Waals surface area contributed by atoms with Gasteiger partial charge in [-0.25, -0.2) is 9.18 Å². The number of H-pyrrole nitrogens is 1. The van der Waals surface area contributed by atoms with Gasteiger partial charge in [0.25, 0.3) is 5.91 Å². The van der Waals surface area contributed by atoms with Crippen molar-refractivity contribution in [3.05, 3.63) is 29.2 Å². The number of alkyl carbamates (subject to hydrolysis) is 1. The van der Waals surface area contributed by atoms with Crippen LogP contribution >= 0.6 is 0 Å². The summed E-state index contributed by atoms with van der Waals surface area (Å²) in [5.41, 5.74) is 0.401. The molecule has 14 heteroatoms. The molecule has 184 valence electrons. The van der Waals surface area contributed by atoms with E-state index in [0.29, 0.717) is 11.6 Å². The molecule has 3 unspecified atom stereocenters. The van der Waals surface area contributed by atoms with Gasteiger partial charge in [-0.3, -0.25) is 19.3 Å². The smallest absolute Gasteiger partial charge is 0.443 e. The molecule has 2 aromatic rings. The van der Waals surface area contributed by atoms with Crippen molar-refractivity contribution in [2.24, 2.45) is 13.0 Å². The van der Waals surface area contributed by atoms with E-state index in [4.69, 9.17) is 4.74 Å². The van der Waals surface area contributed by atoms with Crippen molar-refractivity contribution in [1.82, 2.24) is 25.3 Å². The Hall–Kier alpha value is -3.16. The lowest BCUT2D eigenvalue weighted by Crippen LogP contribution is -2.35. The first-order chi connectivity index (χ1) is 16.0. The number of alkyl halides is 4. The zero-order chi connectivity index (χ0) is 24.3. The minimum absolute atomic E-state index is 0.00233. The van der Waals surface area contributed by atoms with Gasteiger partial charge in [0.05, 0.1) is 5.69 Å². The van der Waals surface area contributed by atoms with Crippen molar-refractivity contribution >= 4 is 17.8 Å². The maximum atomic E-state index is 14.5. The SMILES string of the molecule is Cn1nc(COC(F)(F)F)cc1C(=O)Nc1cc(C2CC(F)C(OC(=O)NC34CC3C4)C2)[nH]n1. The van der Waals surface area contributed by atoms with Crippen LogP contribution < -0.4 is 10.6 Å². The minimum Gasteiger partial charge on any atom is -0.443 e. The van der Waals surface area contributed by atoms with Crippen LogP contribution in [0.5, 0.6) is 0 Å². The van der Waals surface area contributed by atoms with Crippen molar-refractivity contribution < 1.29 is 36.6 Å². The van der Waals surface area contributed by atoms with Gasteiger partial charge in [-0.1, -0.05) is 0 Å². The summed E-state index contributed by atoms with van der Waals surface area (Å²) in [6.45, 7) is -0.827. The molecule has 3 aliphatic carbocycles. The monoisotopic (exact) mass is 486 g/mol. The minimum atomic E-state index is -4.81. The lowest BCUT2D eigenvalue weighted by atomic mass is 10.0. The molecule has 0 aliphatic heterocycles. The summed E-state index contributed by atoms with van der Waals surface area (Å²) >= 11 is 0. The van der Waals surface area contributed by atoms with E-state index < -0.39 is 37.2 Å². The van der Waals surface area contributed by atoms with E-state index in [1.54, 1.807) is 6.07 Å². The average molecular weight is 486 g/mol. The number of rotatable bonds is 7. The Labute approximate surface area is 190 Å². The number of ether oxygens (including phenoxy) is 2. The molecule has 2 heterocycles. The van der Waals surface area contributed by atoms with Gasteiger partial charge in [0.2, 0.25) is 0 Å². The predicted octanol–water partition coefficient (Wildman–Crippen LogP) is 2.90. The fourth-order valence-corrected chi connectivity index (χ4v) is 4.36. The van der Waals surface area contributed by atoms with E-state index in [9.17, 15) is 27.2 Å². The molecule has 0 radical (unpaired) electrons. The van der Waals surface area contributed by atoms with Gasteiger partial charge in [0.1, 0.15) is 24.6 Å². The van der Waals surface area contributed by atoms with Gasteiger partial charge in [-0.2, -0.15) is 10.2 Å². The van der Waals surface area contributed by atoms with Crippen LogP contribution in [-0.2, 0) is 23.1 Å². The summed E-state index contributed by atoms with van der Waals surface area (Å²) in [5.74, 6) is -0.236. The molecule has 3 N–H and O–H groups in total. The lowest BCUT2D eigenvalue weighted by molar-refractivity contribution is -0.330. The number of fused-ring (bicyclic) bond motifs is 1. The van der Waals surface area contributed by atoms with E-state index in [1.165, 1.54) is 13.1 Å². The first-order valence-corrected chi connectivity index (χ1v) is 10.7. The average Bonchev–Trinajstić information content (AvgIpc) is 3.30. The lowest BCUT2D eigenvalue weighted by Gasteiger charge is -2.15. The van der Waals surface area contributed by atoms with Crippen LogP contribution in [0.3, 0.4) is 0 Å². The number of anilines is 1. The Bertz CT molecular complexity index is 1110. The standard InChI is InChI=1S/C20H22F4N6O4/c1-30-14(4-11(29-30)8-33-20(22,23)24)17(31)25-16-5-13(27-28-16)9-2-12(21)15(3-9)34-18(32)26-19-6-10(19)7-19/h4-5,9-10,12,15H,2-3,6-8H2,1H3,(H,26,32)(H2,25,27,28,31). The Kier molecular flexibility index (Phi) is 5.30. The van der Waals surface area contributed by atoms with Crippen LogP contribution in [0.15, 0.2) is 12.1 Å². The molecule has 3 aliphatic rings. The Balaban J connectivity index is 1.15. The molecule has 2 amide bonds. The maximum absolute atomic E-state index is 14.5. The summed E-state index contributed by atoms with van der Waals surface area (Å²) < 4.78 is 61.2. The number of nitrogens with zero attached hydrogens (tertiary/aromatic N) is 3. The van der Waals surface area contributed by atoms with E-state index >= 15 is 0 Å². The Morgan fingerprint density at radius 1 is 1.29 bits per heavy atom. The zero-order valence-corrected chi connectivity index (χ0v) is 18.0. The van der Waals surface area contributed by atoms with E-state index in [-0.39, 0.29) is 41.5 Å². The molecule has 3 fully saturated rings. The normalized spacial score (nSPS) is 29.4. The van der Waals surface area contributed by atoms with Crippen molar-refractivity contribution in [2.75, 3.05) is 5.32 Å². The van der Waals surface area contributed by atoms with Crippen molar-refractivity contribution in [3.63, 3.8) is 0 Å². The first kappa shape index (κ1) is 22.6. The Morgan fingerprint density at radius 3 is 2.71 bits per heavy atom. The van der Waals surface area contributed by atoms with Crippen LogP contribution in [0, 0.1) is 5.92 Å². The number of aromatic nitrogens is 4. The highest BCUT2D eigenvalue weighted by molar-refractivity contribution is 6.02. The van der Waals surface area contributed by atoms with Gasteiger partial charge in [-0.15, -0.1) is 13.2 Å². The largest absolute Gasteiger partial charge is 0.522 e. The van der Waals surface area contributed by atoms with Crippen molar-refractivity contribution in [2.45, 2.75) is 62.4 Å². The van der Waals surface area contributed by atoms with Crippen molar-refractivity contribution in [1.29, 1.82) is 0 Å². The summed E-state index contributed by atoms with van der Waals surface area (Å²) in [4.78, 5) is 24.5. The Morgan fingerprint density at radius 2 is 2.03 bits per heavy atom. The number of halogens is 4. The number of nitrogens with one attached hydrogen (secondary N) is 3. The molecule has 34 heavy (non-hydrogen) atoms. The molecule has 0 aromatic carbocycles. The number of carbonyl (C=O) groups excluding carboxylic acids is 2. The molecular formula is C20H22F4N6O4. The van der Waals surface area contributed by atoms with Crippen LogP contribution in [0.1, 0.15) is 53.5 Å². The van der Waals surface area contributed by atoms with Gasteiger partial charge < -0.3 is 15.4 Å². The van der Waals surface area contributed by atoms with Gasteiger partial charge in [0.15, 0.2) is 5.82 Å². The molecule has 0 bridgehead atoms. The topological polar surface area (TPSA) is 123 Å². The van der Waals surface area contributed by atoms with E-state index in [1.807, 2.05) is 0 Å². The second-order valence-electron chi connectivity index (χ2n) is 9.06. The summed E-state index contributed by atoms with van der Waals surface area (Å²) in [6, 6.07) is 2.72. The third kappa shape index (κ3) is 4.72. The zero-order valence-electron chi connectivity index (χ0n) is 18.0. The number of hydrogen-bond acceptors (Lipinski definition) is 6. The molecule has 3 atom stereocenters. The summed E-state index contributed by atoms with van der Waals surface area (Å²) in [5, 5.41) is 15.9. The quantitative estimate of drug-likeness (QED) is 0.518. The maximum Gasteiger partial charge on any atom is 0.522 e. The van der Waals surface area contributed by atoms with Crippen LogP contribution in [0.25, 0.3) is 0 Å². The molecule has 2 aromatic heterocycles. The number of amides is 2. The number of aromatic amines is 1. The molecule has 0 saturated heterocycles. The summed E-state index contributed by atoms with van der Waals surface area (Å²) in [7, 11) is 1.41. The van der Waals surface area contributed by atoms with Gasteiger partial charge >= 0.3 is 12.5 Å². The molecule has 3 saturated carbocycles. The van der Waals surface area contributed by atoms with Gasteiger partial charge in [-0.05, 0) is 37.7 Å². The second kappa shape index (κ2) is 7.96. The van der Waals surface area contributed by atoms with E-state index in [0.717, 1.165) is 17.5 Å². The highest BCUT2D eigenvalue weighted by atomic mass is 19.4. The number of carbonyl (C=O) groups is 2.